The zero-order chi connectivity index (χ0) is 8.55. The van der Waals surface area contributed by atoms with Gasteiger partial charge in [0.1, 0.15) is 0 Å². The third-order valence-corrected chi connectivity index (χ3v) is 2.57. The number of carbonyl (C=O) groups excluding carboxylic acids is 1. The summed E-state index contributed by atoms with van der Waals surface area (Å²) in [5.74, 6) is -0.108. The lowest BCUT2D eigenvalue weighted by molar-refractivity contribution is -0.112. The van der Waals surface area contributed by atoms with Gasteiger partial charge >= 0.3 is 0 Å². The van der Waals surface area contributed by atoms with Gasteiger partial charge in [0.05, 0.1) is 10.3 Å². The van der Waals surface area contributed by atoms with E-state index in [9.17, 15) is 4.79 Å². The highest BCUT2D eigenvalue weighted by molar-refractivity contribution is 8.08. The van der Waals surface area contributed by atoms with Gasteiger partial charge in [0.25, 0.3) is 5.91 Å². The molecule has 1 aromatic rings. The molecular formula is C9H7NOS. The Morgan fingerprint density at radius 3 is 2.83 bits per heavy atom. The molecule has 1 aliphatic heterocycles. The SMILES string of the molecule is CSC1=c2ccccc2=NC1=O. The third kappa shape index (κ3) is 0.975. The van der Waals surface area contributed by atoms with Crippen molar-refractivity contribution in [3.8, 4) is 0 Å². The average molecular weight is 177 g/mol. The molecule has 0 fully saturated rings. The lowest BCUT2D eigenvalue weighted by Crippen LogP contribution is -2.21. The van der Waals surface area contributed by atoms with E-state index < -0.39 is 0 Å². The van der Waals surface area contributed by atoms with E-state index in [-0.39, 0.29) is 5.91 Å². The predicted molar refractivity (Wildman–Crippen MR) is 49.2 cm³/mol. The lowest BCUT2D eigenvalue weighted by atomic mass is 10.3. The van der Waals surface area contributed by atoms with Crippen molar-refractivity contribution >= 4 is 22.6 Å². The number of para-hydroxylation sites is 1. The Hall–Kier alpha value is -1.09. The van der Waals surface area contributed by atoms with Crippen molar-refractivity contribution in [1.29, 1.82) is 0 Å². The van der Waals surface area contributed by atoms with E-state index in [1.54, 1.807) is 0 Å². The molecule has 1 aliphatic rings. The second-order valence-electron chi connectivity index (χ2n) is 2.47. The van der Waals surface area contributed by atoms with Crippen LogP contribution in [-0.2, 0) is 4.79 Å². The van der Waals surface area contributed by atoms with E-state index in [0.29, 0.717) is 0 Å². The summed E-state index contributed by atoms with van der Waals surface area (Å²) in [4.78, 5) is 15.9. The summed E-state index contributed by atoms with van der Waals surface area (Å²) in [5.41, 5.74) is 0. The molecule has 3 heteroatoms. The molecule has 1 amide bonds. The van der Waals surface area contributed by atoms with E-state index in [0.717, 1.165) is 15.5 Å². The van der Waals surface area contributed by atoms with E-state index in [1.165, 1.54) is 11.8 Å². The minimum absolute atomic E-state index is 0.108. The number of fused-ring (bicyclic) bond motifs is 1. The van der Waals surface area contributed by atoms with Crippen LogP contribution in [0.1, 0.15) is 0 Å². The maximum atomic E-state index is 11.2. The summed E-state index contributed by atoms with van der Waals surface area (Å²) in [6, 6.07) is 7.59. The fraction of sp³-hybridized carbons (Fsp3) is 0.111. The second kappa shape index (κ2) is 2.75. The van der Waals surface area contributed by atoms with Gasteiger partial charge < -0.3 is 0 Å². The zero-order valence-corrected chi connectivity index (χ0v) is 7.39. The van der Waals surface area contributed by atoms with Crippen LogP contribution in [0.4, 0.5) is 0 Å². The number of carbonyl (C=O) groups is 1. The molecule has 0 aliphatic carbocycles. The summed E-state index contributed by atoms with van der Waals surface area (Å²) >= 11 is 1.46. The molecule has 0 spiro atoms. The van der Waals surface area contributed by atoms with Crippen LogP contribution in [0.3, 0.4) is 0 Å². The first kappa shape index (κ1) is 7.55. The second-order valence-corrected chi connectivity index (χ2v) is 3.28. The number of rotatable bonds is 1. The van der Waals surface area contributed by atoms with Crippen LogP contribution in [0.15, 0.2) is 29.3 Å². The molecule has 0 N–H and O–H groups in total. The maximum Gasteiger partial charge on any atom is 0.284 e. The van der Waals surface area contributed by atoms with Crippen molar-refractivity contribution in [1.82, 2.24) is 0 Å². The fourth-order valence-electron chi connectivity index (χ4n) is 1.24. The number of amides is 1. The van der Waals surface area contributed by atoms with Crippen molar-refractivity contribution in [3.05, 3.63) is 34.8 Å². The molecular weight excluding hydrogens is 170 g/mol. The summed E-state index contributed by atoms with van der Waals surface area (Å²) < 4.78 is 0. The molecule has 1 aromatic carbocycles. The molecule has 0 atom stereocenters. The quantitative estimate of drug-likeness (QED) is 0.618. The van der Waals surface area contributed by atoms with Crippen molar-refractivity contribution in [2.75, 3.05) is 6.26 Å². The van der Waals surface area contributed by atoms with Crippen LogP contribution in [-0.4, -0.2) is 12.2 Å². The van der Waals surface area contributed by atoms with Crippen molar-refractivity contribution in [2.24, 2.45) is 4.99 Å². The molecule has 0 unspecified atom stereocenters. The van der Waals surface area contributed by atoms with Crippen molar-refractivity contribution in [3.63, 3.8) is 0 Å². The first-order valence-electron chi connectivity index (χ1n) is 3.59. The summed E-state index contributed by atoms with van der Waals surface area (Å²) in [6.07, 6.45) is 1.89. The predicted octanol–water partition coefficient (Wildman–Crippen LogP) is 0.318. The zero-order valence-electron chi connectivity index (χ0n) is 6.57. The maximum absolute atomic E-state index is 11.2. The Bertz CT molecular complexity index is 450. The van der Waals surface area contributed by atoms with Gasteiger partial charge in [0.15, 0.2) is 0 Å². The number of benzene rings is 1. The van der Waals surface area contributed by atoms with Gasteiger partial charge in [-0.15, -0.1) is 11.8 Å². The average Bonchev–Trinajstić information content (AvgIpc) is 2.40. The highest BCUT2D eigenvalue weighted by atomic mass is 32.2. The Morgan fingerprint density at radius 2 is 2.08 bits per heavy atom. The van der Waals surface area contributed by atoms with E-state index in [2.05, 4.69) is 4.99 Å². The number of hydrogen-bond acceptors (Lipinski definition) is 2. The molecule has 0 aromatic heterocycles. The van der Waals surface area contributed by atoms with Gasteiger partial charge in [0, 0.05) is 5.22 Å². The van der Waals surface area contributed by atoms with Gasteiger partial charge in [-0.3, -0.25) is 4.79 Å². The largest absolute Gasteiger partial charge is 0.284 e. The Morgan fingerprint density at radius 1 is 1.33 bits per heavy atom. The normalized spacial score (nSPS) is 14.4. The van der Waals surface area contributed by atoms with Crippen LogP contribution in [0.25, 0.3) is 4.91 Å². The monoisotopic (exact) mass is 177 g/mol. The molecule has 1 heterocycles. The third-order valence-electron chi connectivity index (χ3n) is 1.77. The Balaban J connectivity index is 2.88. The molecule has 2 nitrogen and oxygen atoms in total. The summed E-state index contributed by atoms with van der Waals surface area (Å²) in [7, 11) is 0. The Labute approximate surface area is 74.0 Å². The highest BCUT2D eigenvalue weighted by Gasteiger charge is 2.13. The molecule has 2 rings (SSSR count). The first-order valence-corrected chi connectivity index (χ1v) is 4.82. The number of hydrogen-bond donors (Lipinski definition) is 0. The van der Waals surface area contributed by atoms with Gasteiger partial charge in [0.2, 0.25) is 0 Å². The minimum atomic E-state index is -0.108. The van der Waals surface area contributed by atoms with Gasteiger partial charge in [-0.05, 0) is 12.3 Å². The first-order chi connectivity index (χ1) is 5.83. The van der Waals surface area contributed by atoms with E-state index >= 15 is 0 Å². The van der Waals surface area contributed by atoms with Gasteiger partial charge in [-0.2, -0.15) is 0 Å². The van der Waals surface area contributed by atoms with Gasteiger partial charge in [-0.25, -0.2) is 4.99 Å². The van der Waals surface area contributed by atoms with Crippen LogP contribution in [0.5, 0.6) is 0 Å². The van der Waals surface area contributed by atoms with Crippen LogP contribution in [0, 0.1) is 0 Å². The standard InChI is InChI=1S/C9H7NOS/c1-12-8-6-4-2-3-5-7(6)10-9(8)11/h2-5H,1H3. The summed E-state index contributed by atoms with van der Waals surface area (Å²) in [6.45, 7) is 0. The summed E-state index contributed by atoms with van der Waals surface area (Å²) in [5, 5.41) is 1.77. The smallest absolute Gasteiger partial charge is 0.266 e. The molecule has 0 saturated carbocycles. The van der Waals surface area contributed by atoms with Gasteiger partial charge in [-0.1, -0.05) is 18.2 Å². The molecule has 0 radical (unpaired) electrons. The fourth-order valence-corrected chi connectivity index (χ4v) is 1.85. The van der Waals surface area contributed by atoms with Crippen LogP contribution in [0.2, 0.25) is 0 Å². The molecule has 60 valence electrons. The van der Waals surface area contributed by atoms with Crippen molar-refractivity contribution < 1.29 is 4.79 Å². The molecule has 12 heavy (non-hydrogen) atoms. The van der Waals surface area contributed by atoms with E-state index in [4.69, 9.17) is 0 Å². The van der Waals surface area contributed by atoms with Crippen molar-refractivity contribution in [2.45, 2.75) is 0 Å². The number of thioether (sulfide) groups is 1. The number of nitrogens with zero attached hydrogens (tertiary/aromatic N) is 1. The van der Waals surface area contributed by atoms with E-state index in [1.807, 2.05) is 30.5 Å². The molecule has 0 bridgehead atoms. The lowest BCUT2D eigenvalue weighted by Gasteiger charge is -1.89. The molecule has 0 saturated heterocycles. The topological polar surface area (TPSA) is 29.4 Å². The Kier molecular flexibility index (Phi) is 1.73. The van der Waals surface area contributed by atoms with Crippen LogP contribution >= 0.6 is 11.8 Å². The highest BCUT2D eigenvalue weighted by Crippen LogP contribution is 2.13. The minimum Gasteiger partial charge on any atom is -0.266 e. The van der Waals surface area contributed by atoms with Crippen LogP contribution < -0.4 is 10.6 Å².